The largest absolute Gasteiger partial charge is 0.481 e. The van der Waals surface area contributed by atoms with Crippen LogP contribution in [0.15, 0.2) is 34.1 Å². The van der Waals surface area contributed by atoms with Crippen LogP contribution in [0.5, 0.6) is 0 Å². The van der Waals surface area contributed by atoms with Gasteiger partial charge in [-0.15, -0.1) is 11.3 Å². The quantitative estimate of drug-likeness (QED) is 0.889. The molecule has 98 valence electrons. The SMILES string of the molecule is Cc1cc(-c2cc(C3(C(=O)O)CC3)cs2)ccc1Br. The van der Waals surface area contributed by atoms with E-state index in [9.17, 15) is 9.90 Å². The van der Waals surface area contributed by atoms with Crippen LogP contribution in [0, 0.1) is 6.92 Å². The average molecular weight is 337 g/mol. The van der Waals surface area contributed by atoms with E-state index in [0.717, 1.165) is 33.3 Å². The molecule has 1 saturated carbocycles. The van der Waals surface area contributed by atoms with Gasteiger partial charge in [-0.3, -0.25) is 4.79 Å². The number of carboxylic acids is 1. The zero-order valence-corrected chi connectivity index (χ0v) is 12.8. The first-order chi connectivity index (χ1) is 9.03. The lowest BCUT2D eigenvalue weighted by Crippen LogP contribution is -2.18. The van der Waals surface area contributed by atoms with E-state index in [1.807, 2.05) is 17.5 Å². The van der Waals surface area contributed by atoms with Crippen molar-refractivity contribution in [1.29, 1.82) is 0 Å². The van der Waals surface area contributed by atoms with Crippen LogP contribution in [0.25, 0.3) is 10.4 Å². The maximum absolute atomic E-state index is 11.3. The number of halogens is 1. The summed E-state index contributed by atoms with van der Waals surface area (Å²) in [7, 11) is 0. The van der Waals surface area contributed by atoms with Gasteiger partial charge in [0.05, 0.1) is 5.41 Å². The standard InChI is InChI=1S/C15H13BrO2S/c1-9-6-10(2-3-12(9)16)13-7-11(8-19-13)15(4-5-15)14(17)18/h2-3,6-8H,4-5H2,1H3,(H,17,18). The van der Waals surface area contributed by atoms with Crippen LogP contribution < -0.4 is 0 Å². The number of benzene rings is 1. The summed E-state index contributed by atoms with van der Waals surface area (Å²) in [4.78, 5) is 12.5. The highest BCUT2D eigenvalue weighted by Crippen LogP contribution is 2.50. The minimum absolute atomic E-state index is 0.598. The predicted octanol–water partition coefficient (Wildman–Crippen LogP) is 4.60. The van der Waals surface area contributed by atoms with Gasteiger partial charge in [0.15, 0.2) is 0 Å². The third kappa shape index (κ3) is 2.13. The smallest absolute Gasteiger partial charge is 0.314 e. The number of hydrogen-bond acceptors (Lipinski definition) is 2. The highest BCUT2D eigenvalue weighted by molar-refractivity contribution is 9.10. The summed E-state index contributed by atoms with van der Waals surface area (Å²) in [6.07, 6.45) is 1.52. The van der Waals surface area contributed by atoms with E-state index in [4.69, 9.17) is 0 Å². The van der Waals surface area contributed by atoms with E-state index < -0.39 is 11.4 Å². The zero-order chi connectivity index (χ0) is 13.6. The second kappa shape index (κ2) is 4.46. The summed E-state index contributed by atoms with van der Waals surface area (Å²) in [5.41, 5.74) is 2.70. The van der Waals surface area contributed by atoms with E-state index in [1.165, 1.54) is 5.56 Å². The van der Waals surface area contributed by atoms with Crippen molar-refractivity contribution in [3.8, 4) is 10.4 Å². The molecule has 3 rings (SSSR count). The van der Waals surface area contributed by atoms with Gasteiger partial charge >= 0.3 is 5.97 Å². The molecule has 1 aromatic carbocycles. The maximum Gasteiger partial charge on any atom is 0.314 e. The van der Waals surface area contributed by atoms with Crippen LogP contribution >= 0.6 is 27.3 Å². The van der Waals surface area contributed by atoms with Crippen LogP contribution in [-0.4, -0.2) is 11.1 Å². The summed E-state index contributed by atoms with van der Waals surface area (Å²) in [6.45, 7) is 2.06. The molecule has 1 aromatic heterocycles. The highest BCUT2D eigenvalue weighted by Gasteiger charge is 2.52. The lowest BCUT2D eigenvalue weighted by atomic mass is 9.98. The van der Waals surface area contributed by atoms with E-state index in [0.29, 0.717) is 0 Å². The first kappa shape index (κ1) is 12.9. The van der Waals surface area contributed by atoms with Crippen molar-refractivity contribution in [3.05, 3.63) is 45.2 Å². The van der Waals surface area contributed by atoms with Gasteiger partial charge in [-0.2, -0.15) is 0 Å². The summed E-state index contributed by atoms with van der Waals surface area (Å²) in [5.74, 6) is -0.691. The maximum atomic E-state index is 11.3. The lowest BCUT2D eigenvalue weighted by Gasteiger charge is -2.06. The van der Waals surface area contributed by atoms with Crippen molar-refractivity contribution in [2.45, 2.75) is 25.2 Å². The second-order valence-corrected chi connectivity index (χ2v) is 6.82. The molecule has 0 aliphatic heterocycles. The predicted molar refractivity (Wildman–Crippen MR) is 80.7 cm³/mol. The molecule has 1 fully saturated rings. The number of thiophene rings is 1. The molecule has 2 aromatic rings. The van der Waals surface area contributed by atoms with Crippen molar-refractivity contribution in [1.82, 2.24) is 0 Å². The van der Waals surface area contributed by atoms with Crippen LogP contribution in [0.1, 0.15) is 24.0 Å². The Kier molecular flexibility index (Phi) is 3.02. The van der Waals surface area contributed by atoms with E-state index >= 15 is 0 Å². The molecule has 19 heavy (non-hydrogen) atoms. The van der Waals surface area contributed by atoms with Gasteiger partial charge in [0.25, 0.3) is 0 Å². The van der Waals surface area contributed by atoms with Crippen molar-refractivity contribution in [2.24, 2.45) is 0 Å². The Morgan fingerprint density at radius 2 is 2.11 bits per heavy atom. The molecule has 1 aliphatic carbocycles. The van der Waals surface area contributed by atoms with E-state index in [2.05, 4.69) is 35.0 Å². The molecule has 4 heteroatoms. The summed E-state index contributed by atoms with van der Waals surface area (Å²) in [5, 5.41) is 11.3. The molecule has 2 nitrogen and oxygen atoms in total. The topological polar surface area (TPSA) is 37.3 Å². The number of hydrogen-bond donors (Lipinski definition) is 1. The van der Waals surface area contributed by atoms with Gasteiger partial charge in [0.2, 0.25) is 0 Å². The van der Waals surface area contributed by atoms with E-state index in [-0.39, 0.29) is 0 Å². The fraction of sp³-hybridized carbons (Fsp3) is 0.267. The molecule has 0 radical (unpaired) electrons. The zero-order valence-electron chi connectivity index (χ0n) is 10.4. The second-order valence-electron chi connectivity index (χ2n) is 5.05. The molecule has 1 heterocycles. The Labute approximate surface area is 124 Å². The van der Waals surface area contributed by atoms with Crippen molar-refractivity contribution < 1.29 is 9.90 Å². The van der Waals surface area contributed by atoms with Gasteiger partial charge in [-0.05, 0) is 60.0 Å². The van der Waals surface area contributed by atoms with Gasteiger partial charge in [0.1, 0.15) is 0 Å². The molecule has 0 bridgehead atoms. The molecule has 0 amide bonds. The summed E-state index contributed by atoms with van der Waals surface area (Å²) in [6, 6.07) is 8.26. The van der Waals surface area contributed by atoms with Crippen molar-refractivity contribution in [3.63, 3.8) is 0 Å². The van der Waals surface area contributed by atoms with Gasteiger partial charge in [-0.25, -0.2) is 0 Å². The van der Waals surface area contributed by atoms with Crippen LogP contribution in [0.4, 0.5) is 0 Å². The summed E-state index contributed by atoms with van der Waals surface area (Å²) < 4.78 is 1.09. The van der Waals surface area contributed by atoms with Gasteiger partial charge in [0, 0.05) is 9.35 Å². The van der Waals surface area contributed by atoms with Crippen molar-refractivity contribution in [2.75, 3.05) is 0 Å². The molecule has 1 N–H and O–H groups in total. The minimum Gasteiger partial charge on any atom is -0.481 e. The van der Waals surface area contributed by atoms with Gasteiger partial charge < -0.3 is 5.11 Å². The Morgan fingerprint density at radius 3 is 2.68 bits per heavy atom. The fourth-order valence-electron chi connectivity index (χ4n) is 2.29. The number of carbonyl (C=O) groups is 1. The van der Waals surface area contributed by atoms with Crippen LogP contribution in [-0.2, 0) is 10.2 Å². The van der Waals surface area contributed by atoms with Crippen molar-refractivity contribution >= 4 is 33.2 Å². The monoisotopic (exact) mass is 336 g/mol. The lowest BCUT2D eigenvalue weighted by molar-refractivity contribution is -0.140. The first-order valence-corrected chi connectivity index (χ1v) is 7.79. The van der Waals surface area contributed by atoms with Gasteiger partial charge in [-0.1, -0.05) is 22.0 Å². The minimum atomic E-state index is -0.691. The number of aryl methyl sites for hydroxylation is 1. The number of carboxylic acid groups (broad SMARTS) is 1. The van der Waals surface area contributed by atoms with Crippen LogP contribution in [0.3, 0.4) is 0 Å². The molecular formula is C15H13BrO2S. The Morgan fingerprint density at radius 1 is 1.37 bits per heavy atom. The normalized spacial score (nSPS) is 16.3. The van der Waals surface area contributed by atoms with E-state index in [1.54, 1.807) is 11.3 Å². The summed E-state index contributed by atoms with van der Waals surface area (Å²) >= 11 is 5.12. The first-order valence-electron chi connectivity index (χ1n) is 6.12. The third-order valence-electron chi connectivity index (χ3n) is 3.75. The molecule has 1 aliphatic rings. The Hall–Kier alpha value is -1.13. The number of aliphatic carboxylic acids is 1. The fourth-order valence-corrected chi connectivity index (χ4v) is 3.54. The molecular weight excluding hydrogens is 324 g/mol. The average Bonchev–Trinajstić information content (AvgIpc) is 3.05. The highest BCUT2D eigenvalue weighted by atomic mass is 79.9. The Balaban J connectivity index is 1.97. The third-order valence-corrected chi connectivity index (χ3v) is 5.62. The molecule has 0 saturated heterocycles. The molecule has 0 spiro atoms. The molecule has 0 unspecified atom stereocenters. The number of rotatable bonds is 3. The molecule has 0 atom stereocenters. The Bertz CT molecular complexity index is 656. The van der Waals surface area contributed by atoms with Crippen LogP contribution in [0.2, 0.25) is 0 Å².